The first kappa shape index (κ1) is 18.5. The van der Waals surface area contributed by atoms with E-state index in [4.69, 9.17) is 10.00 Å². The van der Waals surface area contributed by atoms with Crippen LogP contribution >= 0.6 is 0 Å². The Morgan fingerprint density at radius 2 is 2.11 bits per heavy atom. The van der Waals surface area contributed by atoms with Crippen LogP contribution in [0.15, 0.2) is 48.5 Å². The number of rotatable bonds is 5. The fourth-order valence-corrected chi connectivity index (χ4v) is 3.16. The van der Waals surface area contributed by atoms with Crippen LogP contribution in [0.5, 0.6) is 5.75 Å². The van der Waals surface area contributed by atoms with Crippen molar-refractivity contribution in [2.75, 3.05) is 13.1 Å². The molecule has 27 heavy (non-hydrogen) atoms. The van der Waals surface area contributed by atoms with Crippen LogP contribution in [0.3, 0.4) is 0 Å². The third kappa shape index (κ3) is 4.09. The Balaban J connectivity index is 1.74. The monoisotopic (exact) mass is 363 g/mol. The largest absolute Gasteiger partial charge is 0.489 e. The molecule has 1 unspecified atom stereocenters. The lowest BCUT2D eigenvalue weighted by Crippen LogP contribution is -2.56. The van der Waals surface area contributed by atoms with E-state index in [-0.39, 0.29) is 18.4 Å². The highest BCUT2D eigenvalue weighted by atomic mass is 16.5. The minimum Gasteiger partial charge on any atom is -0.489 e. The number of carbonyl (C=O) groups excluding carboxylic acids is 2. The Hall–Kier alpha value is -3.33. The van der Waals surface area contributed by atoms with Crippen LogP contribution in [0, 0.1) is 11.3 Å². The van der Waals surface area contributed by atoms with Crippen LogP contribution < -0.4 is 10.1 Å². The molecule has 6 nitrogen and oxygen atoms in total. The summed E-state index contributed by atoms with van der Waals surface area (Å²) in [7, 11) is 0. The molecule has 1 aliphatic rings. The van der Waals surface area contributed by atoms with Crippen molar-refractivity contribution in [2.24, 2.45) is 0 Å². The molecule has 2 aromatic rings. The van der Waals surface area contributed by atoms with Gasteiger partial charge in [0.15, 0.2) is 0 Å². The molecule has 0 aromatic heterocycles. The van der Waals surface area contributed by atoms with Crippen LogP contribution in [0.25, 0.3) is 0 Å². The Bertz CT molecular complexity index is 888. The van der Waals surface area contributed by atoms with Gasteiger partial charge in [-0.25, -0.2) is 0 Å². The zero-order valence-corrected chi connectivity index (χ0v) is 15.1. The van der Waals surface area contributed by atoms with Gasteiger partial charge in [-0.3, -0.25) is 9.59 Å². The molecule has 0 spiro atoms. The average Bonchev–Trinajstić information content (AvgIpc) is 2.72. The van der Waals surface area contributed by atoms with Crippen LogP contribution in [-0.2, 0) is 11.4 Å². The number of carbonyl (C=O) groups is 2. The van der Waals surface area contributed by atoms with E-state index in [1.54, 1.807) is 41.3 Å². The van der Waals surface area contributed by atoms with Crippen molar-refractivity contribution in [3.63, 3.8) is 0 Å². The SMILES string of the molecule is CCC1C(=O)NCCN1C(=O)c1cccc(OCc2ccccc2C#N)c1. The van der Waals surface area contributed by atoms with Gasteiger partial charge in [0.1, 0.15) is 18.4 Å². The average molecular weight is 363 g/mol. The Kier molecular flexibility index (Phi) is 5.72. The molecule has 1 saturated heterocycles. The molecule has 1 heterocycles. The Labute approximate surface area is 158 Å². The molecule has 1 fully saturated rings. The van der Waals surface area contributed by atoms with Gasteiger partial charge in [-0.15, -0.1) is 0 Å². The van der Waals surface area contributed by atoms with E-state index in [9.17, 15) is 9.59 Å². The number of hydrogen-bond acceptors (Lipinski definition) is 4. The molecule has 138 valence electrons. The molecule has 1 atom stereocenters. The van der Waals surface area contributed by atoms with Crippen LogP contribution in [0.1, 0.15) is 34.8 Å². The van der Waals surface area contributed by atoms with Gasteiger partial charge < -0.3 is 15.0 Å². The molecule has 2 aromatic carbocycles. The number of amides is 2. The van der Waals surface area contributed by atoms with Gasteiger partial charge >= 0.3 is 0 Å². The highest BCUT2D eigenvalue weighted by Gasteiger charge is 2.32. The highest BCUT2D eigenvalue weighted by Crippen LogP contribution is 2.20. The zero-order valence-electron chi connectivity index (χ0n) is 15.1. The van der Waals surface area contributed by atoms with Crippen molar-refractivity contribution < 1.29 is 14.3 Å². The number of ether oxygens (including phenoxy) is 1. The molecule has 1 N–H and O–H groups in total. The number of nitrogens with one attached hydrogen (secondary N) is 1. The van der Waals surface area contributed by atoms with Crippen molar-refractivity contribution in [1.29, 1.82) is 5.26 Å². The number of hydrogen-bond donors (Lipinski definition) is 1. The van der Waals surface area contributed by atoms with Crippen molar-refractivity contribution in [3.05, 3.63) is 65.2 Å². The van der Waals surface area contributed by atoms with Gasteiger partial charge in [0.2, 0.25) is 5.91 Å². The van der Waals surface area contributed by atoms with Crippen molar-refractivity contribution >= 4 is 11.8 Å². The Morgan fingerprint density at radius 1 is 1.30 bits per heavy atom. The predicted molar refractivity (Wildman–Crippen MR) is 100 cm³/mol. The molecule has 0 saturated carbocycles. The highest BCUT2D eigenvalue weighted by molar-refractivity contribution is 5.98. The van der Waals surface area contributed by atoms with E-state index in [1.165, 1.54) is 0 Å². The van der Waals surface area contributed by atoms with Gasteiger partial charge in [-0.2, -0.15) is 5.26 Å². The second-order valence-corrected chi connectivity index (χ2v) is 6.30. The maximum atomic E-state index is 12.9. The fourth-order valence-electron chi connectivity index (χ4n) is 3.16. The lowest BCUT2D eigenvalue weighted by atomic mass is 10.1. The number of nitrogens with zero attached hydrogens (tertiary/aromatic N) is 2. The van der Waals surface area contributed by atoms with E-state index in [0.29, 0.717) is 36.4 Å². The number of benzene rings is 2. The van der Waals surface area contributed by atoms with Gasteiger partial charge in [0, 0.05) is 24.2 Å². The van der Waals surface area contributed by atoms with Gasteiger partial charge in [0.25, 0.3) is 5.91 Å². The quantitative estimate of drug-likeness (QED) is 0.885. The molecule has 0 aliphatic carbocycles. The topological polar surface area (TPSA) is 82.4 Å². The molecular formula is C21H21N3O3. The lowest BCUT2D eigenvalue weighted by molar-refractivity contribution is -0.127. The van der Waals surface area contributed by atoms with E-state index in [1.807, 2.05) is 19.1 Å². The van der Waals surface area contributed by atoms with Crippen molar-refractivity contribution in [3.8, 4) is 11.8 Å². The van der Waals surface area contributed by atoms with E-state index in [0.717, 1.165) is 5.56 Å². The minimum absolute atomic E-state index is 0.113. The summed E-state index contributed by atoms with van der Waals surface area (Å²) < 4.78 is 5.79. The summed E-state index contributed by atoms with van der Waals surface area (Å²) in [6.07, 6.45) is 0.568. The predicted octanol–water partition coefficient (Wildman–Crippen LogP) is 2.49. The number of nitriles is 1. The molecule has 3 rings (SSSR count). The van der Waals surface area contributed by atoms with Gasteiger partial charge in [-0.1, -0.05) is 31.2 Å². The summed E-state index contributed by atoms with van der Waals surface area (Å²) in [5.74, 6) is 0.250. The van der Waals surface area contributed by atoms with E-state index in [2.05, 4.69) is 11.4 Å². The summed E-state index contributed by atoms with van der Waals surface area (Å²) in [6.45, 7) is 3.08. The zero-order chi connectivity index (χ0) is 19.2. The van der Waals surface area contributed by atoms with Crippen LogP contribution in [0.2, 0.25) is 0 Å². The standard InChI is InChI=1S/C21H21N3O3/c1-2-19-20(25)23-10-11-24(19)21(26)15-8-5-9-18(12-15)27-14-17-7-4-3-6-16(17)13-22/h3-9,12,19H,2,10-11,14H2,1H3,(H,23,25). The fraction of sp³-hybridized carbons (Fsp3) is 0.286. The summed E-state index contributed by atoms with van der Waals surface area (Å²) in [5, 5.41) is 12.0. The number of piperazine rings is 1. The van der Waals surface area contributed by atoms with E-state index >= 15 is 0 Å². The van der Waals surface area contributed by atoms with Crippen molar-refractivity contribution in [2.45, 2.75) is 26.0 Å². The maximum absolute atomic E-state index is 12.9. The molecular weight excluding hydrogens is 342 g/mol. The molecule has 1 aliphatic heterocycles. The molecule has 6 heteroatoms. The minimum atomic E-state index is -0.446. The summed E-state index contributed by atoms with van der Waals surface area (Å²) in [4.78, 5) is 26.5. The van der Waals surface area contributed by atoms with Crippen LogP contribution in [-0.4, -0.2) is 35.8 Å². The van der Waals surface area contributed by atoms with Crippen LogP contribution in [0.4, 0.5) is 0 Å². The third-order valence-electron chi connectivity index (χ3n) is 4.59. The second-order valence-electron chi connectivity index (χ2n) is 6.30. The molecule has 0 radical (unpaired) electrons. The first-order valence-corrected chi connectivity index (χ1v) is 8.93. The Morgan fingerprint density at radius 3 is 2.89 bits per heavy atom. The lowest BCUT2D eigenvalue weighted by Gasteiger charge is -2.34. The maximum Gasteiger partial charge on any atom is 0.254 e. The summed E-state index contributed by atoms with van der Waals surface area (Å²) in [5.41, 5.74) is 1.83. The second kappa shape index (κ2) is 8.37. The normalized spacial score (nSPS) is 16.4. The molecule has 2 amide bonds. The van der Waals surface area contributed by atoms with Crippen molar-refractivity contribution in [1.82, 2.24) is 10.2 Å². The first-order valence-electron chi connectivity index (χ1n) is 8.93. The first-order chi connectivity index (χ1) is 13.1. The summed E-state index contributed by atoms with van der Waals surface area (Å²) >= 11 is 0. The smallest absolute Gasteiger partial charge is 0.254 e. The van der Waals surface area contributed by atoms with Gasteiger partial charge in [0.05, 0.1) is 11.6 Å². The van der Waals surface area contributed by atoms with E-state index < -0.39 is 6.04 Å². The molecule has 0 bridgehead atoms. The van der Waals surface area contributed by atoms with Gasteiger partial charge in [-0.05, 0) is 30.7 Å². The third-order valence-corrected chi connectivity index (χ3v) is 4.59. The summed E-state index contributed by atoms with van der Waals surface area (Å²) in [6, 6.07) is 15.9.